The largest absolute Gasteiger partial charge is 0.493 e. The third-order valence-corrected chi connectivity index (χ3v) is 3.49. The molecule has 1 N–H and O–H groups in total. The van der Waals surface area contributed by atoms with E-state index in [1.54, 1.807) is 31.2 Å². The maximum absolute atomic E-state index is 13.0. The van der Waals surface area contributed by atoms with E-state index in [0.717, 1.165) is 0 Å². The summed E-state index contributed by atoms with van der Waals surface area (Å²) in [7, 11) is 0. The zero-order valence-electron chi connectivity index (χ0n) is 12.6. The molecule has 0 aliphatic carbocycles. The first-order valence-electron chi connectivity index (χ1n) is 7.02. The molecule has 0 spiro atoms. The van der Waals surface area contributed by atoms with E-state index < -0.39 is 17.9 Å². The Kier molecular flexibility index (Phi) is 5.93. The fourth-order valence-electron chi connectivity index (χ4n) is 2.19. The quantitative estimate of drug-likeness (QED) is 0.813. The molecule has 114 valence electrons. The van der Waals surface area contributed by atoms with Crippen LogP contribution in [-0.4, -0.2) is 18.1 Å². The minimum absolute atomic E-state index is 0.219. The van der Waals surface area contributed by atoms with E-state index in [1.807, 2.05) is 13.8 Å². The Morgan fingerprint density at radius 1 is 1.20 bits per heavy atom. The van der Waals surface area contributed by atoms with Crippen LogP contribution in [0.1, 0.15) is 39.7 Å². The standard InChI is InChI=1S/C16H24F2O2/c1-5-14(15(17)18)16(4,19)12-6-8-13(9-7-12)20-10-11(2)3/h6-9,11,14-15,19H,5,10H2,1-4H3. The summed E-state index contributed by atoms with van der Waals surface area (Å²) in [5.74, 6) is 0.0226. The molecule has 1 aromatic rings. The molecule has 0 bridgehead atoms. The van der Waals surface area contributed by atoms with Gasteiger partial charge in [-0.05, 0) is 37.0 Å². The number of aliphatic hydroxyl groups is 1. The van der Waals surface area contributed by atoms with Crippen molar-refractivity contribution in [3.63, 3.8) is 0 Å². The highest BCUT2D eigenvalue weighted by atomic mass is 19.3. The molecule has 0 amide bonds. The summed E-state index contributed by atoms with van der Waals surface area (Å²) in [4.78, 5) is 0. The average molecular weight is 286 g/mol. The van der Waals surface area contributed by atoms with Gasteiger partial charge in [0.05, 0.1) is 18.1 Å². The van der Waals surface area contributed by atoms with Gasteiger partial charge in [-0.3, -0.25) is 0 Å². The summed E-state index contributed by atoms with van der Waals surface area (Å²) < 4.78 is 31.5. The number of hydrogen-bond donors (Lipinski definition) is 1. The fourth-order valence-corrected chi connectivity index (χ4v) is 2.19. The molecule has 1 rings (SSSR count). The lowest BCUT2D eigenvalue weighted by atomic mass is 9.81. The van der Waals surface area contributed by atoms with E-state index in [4.69, 9.17) is 4.74 Å². The molecule has 0 aliphatic heterocycles. The zero-order chi connectivity index (χ0) is 15.3. The second-order valence-corrected chi connectivity index (χ2v) is 5.73. The third kappa shape index (κ3) is 4.17. The van der Waals surface area contributed by atoms with E-state index in [0.29, 0.717) is 23.8 Å². The van der Waals surface area contributed by atoms with Crippen molar-refractivity contribution in [1.29, 1.82) is 0 Å². The first-order chi connectivity index (χ1) is 9.28. The molecule has 4 heteroatoms. The van der Waals surface area contributed by atoms with Crippen molar-refractivity contribution >= 4 is 0 Å². The fraction of sp³-hybridized carbons (Fsp3) is 0.625. The minimum Gasteiger partial charge on any atom is -0.493 e. The topological polar surface area (TPSA) is 29.5 Å². The Morgan fingerprint density at radius 2 is 1.75 bits per heavy atom. The molecular weight excluding hydrogens is 262 g/mol. The van der Waals surface area contributed by atoms with Crippen molar-refractivity contribution in [3.8, 4) is 5.75 Å². The molecule has 20 heavy (non-hydrogen) atoms. The van der Waals surface area contributed by atoms with E-state index in [9.17, 15) is 13.9 Å². The van der Waals surface area contributed by atoms with Crippen LogP contribution >= 0.6 is 0 Å². The van der Waals surface area contributed by atoms with Gasteiger partial charge in [-0.15, -0.1) is 0 Å². The van der Waals surface area contributed by atoms with Gasteiger partial charge in [0.25, 0.3) is 0 Å². The lowest BCUT2D eigenvalue weighted by Crippen LogP contribution is -2.36. The monoisotopic (exact) mass is 286 g/mol. The predicted molar refractivity (Wildman–Crippen MR) is 76.1 cm³/mol. The summed E-state index contributed by atoms with van der Waals surface area (Å²) in [5.41, 5.74) is -1.05. The van der Waals surface area contributed by atoms with E-state index in [2.05, 4.69) is 0 Å². The maximum Gasteiger partial charge on any atom is 0.244 e. The number of hydrogen-bond acceptors (Lipinski definition) is 2. The SMILES string of the molecule is CCC(C(F)F)C(C)(O)c1ccc(OCC(C)C)cc1. The lowest BCUT2D eigenvalue weighted by Gasteiger charge is -2.32. The molecule has 2 atom stereocenters. The van der Waals surface area contributed by atoms with Gasteiger partial charge in [-0.25, -0.2) is 8.78 Å². The Morgan fingerprint density at radius 3 is 2.15 bits per heavy atom. The van der Waals surface area contributed by atoms with Crippen LogP contribution in [0.4, 0.5) is 8.78 Å². The highest BCUT2D eigenvalue weighted by Gasteiger charge is 2.38. The average Bonchev–Trinajstić information content (AvgIpc) is 2.36. The number of benzene rings is 1. The molecular formula is C16H24F2O2. The van der Waals surface area contributed by atoms with Crippen LogP contribution in [0.2, 0.25) is 0 Å². The maximum atomic E-state index is 13.0. The summed E-state index contributed by atoms with van der Waals surface area (Å²) in [5, 5.41) is 10.4. The van der Waals surface area contributed by atoms with E-state index >= 15 is 0 Å². The number of alkyl halides is 2. The van der Waals surface area contributed by atoms with Gasteiger partial charge in [0.1, 0.15) is 5.75 Å². The smallest absolute Gasteiger partial charge is 0.244 e. The van der Waals surface area contributed by atoms with E-state index in [1.165, 1.54) is 6.92 Å². The van der Waals surface area contributed by atoms with Gasteiger partial charge in [0.2, 0.25) is 6.43 Å². The molecule has 0 aromatic heterocycles. The summed E-state index contributed by atoms with van der Waals surface area (Å²) in [6, 6.07) is 6.73. The van der Waals surface area contributed by atoms with Gasteiger partial charge in [0.15, 0.2) is 0 Å². The number of ether oxygens (including phenoxy) is 1. The molecule has 0 fully saturated rings. The van der Waals surface area contributed by atoms with Crippen molar-refractivity contribution in [2.24, 2.45) is 11.8 Å². The van der Waals surface area contributed by atoms with Crippen molar-refractivity contribution in [1.82, 2.24) is 0 Å². The zero-order valence-corrected chi connectivity index (χ0v) is 12.6. The van der Waals surface area contributed by atoms with Gasteiger partial charge in [0, 0.05) is 0 Å². The summed E-state index contributed by atoms with van der Waals surface area (Å²) >= 11 is 0. The molecule has 1 aromatic carbocycles. The van der Waals surface area contributed by atoms with Crippen molar-refractivity contribution in [3.05, 3.63) is 29.8 Å². The lowest BCUT2D eigenvalue weighted by molar-refractivity contribution is -0.0798. The first kappa shape index (κ1) is 16.9. The molecule has 0 heterocycles. The molecule has 2 unspecified atom stereocenters. The molecule has 0 radical (unpaired) electrons. The van der Waals surface area contributed by atoms with Crippen LogP contribution in [0.5, 0.6) is 5.75 Å². The Hall–Kier alpha value is -1.16. The van der Waals surface area contributed by atoms with Crippen molar-refractivity contribution in [2.45, 2.75) is 46.1 Å². The first-order valence-corrected chi connectivity index (χ1v) is 7.02. The second kappa shape index (κ2) is 7.02. The molecule has 0 aliphatic rings. The Bertz CT molecular complexity index is 399. The summed E-state index contributed by atoms with van der Waals surface area (Å²) in [6.07, 6.45) is -2.33. The van der Waals surface area contributed by atoms with Crippen LogP contribution in [-0.2, 0) is 5.60 Å². The highest BCUT2D eigenvalue weighted by Crippen LogP contribution is 2.36. The molecule has 2 nitrogen and oxygen atoms in total. The third-order valence-electron chi connectivity index (χ3n) is 3.49. The Balaban J connectivity index is 2.85. The number of rotatable bonds is 7. The van der Waals surface area contributed by atoms with Crippen LogP contribution in [0.3, 0.4) is 0 Å². The number of halogens is 2. The molecule has 0 saturated heterocycles. The van der Waals surface area contributed by atoms with Crippen LogP contribution in [0.25, 0.3) is 0 Å². The van der Waals surface area contributed by atoms with E-state index in [-0.39, 0.29) is 6.42 Å². The Labute approximate surface area is 119 Å². The highest BCUT2D eigenvalue weighted by molar-refractivity contribution is 5.31. The predicted octanol–water partition coefficient (Wildman–Crippen LogP) is 4.22. The van der Waals surface area contributed by atoms with Gasteiger partial charge in [-0.1, -0.05) is 32.9 Å². The van der Waals surface area contributed by atoms with Crippen LogP contribution in [0, 0.1) is 11.8 Å². The normalized spacial score (nSPS) is 16.2. The van der Waals surface area contributed by atoms with Gasteiger partial charge in [-0.2, -0.15) is 0 Å². The van der Waals surface area contributed by atoms with Crippen molar-refractivity contribution < 1.29 is 18.6 Å². The second-order valence-electron chi connectivity index (χ2n) is 5.73. The van der Waals surface area contributed by atoms with Crippen LogP contribution < -0.4 is 4.74 Å². The van der Waals surface area contributed by atoms with Crippen molar-refractivity contribution in [2.75, 3.05) is 6.61 Å². The summed E-state index contributed by atoms with van der Waals surface area (Å²) in [6.45, 7) is 7.80. The van der Waals surface area contributed by atoms with Gasteiger partial charge < -0.3 is 9.84 Å². The minimum atomic E-state index is -2.55. The van der Waals surface area contributed by atoms with Crippen LogP contribution in [0.15, 0.2) is 24.3 Å². The molecule has 0 saturated carbocycles. The van der Waals surface area contributed by atoms with Gasteiger partial charge >= 0.3 is 0 Å².